The molecule has 0 radical (unpaired) electrons. The van der Waals surface area contributed by atoms with Crippen LogP contribution in [-0.4, -0.2) is 23.0 Å². The number of hydrogen-bond acceptors (Lipinski definition) is 3. The van der Waals surface area contributed by atoms with E-state index in [1.807, 2.05) is 0 Å². The van der Waals surface area contributed by atoms with Gasteiger partial charge in [0.15, 0.2) is 87.3 Å². The Morgan fingerprint density at radius 1 is 0.273 bits per heavy atom. The van der Waals surface area contributed by atoms with Gasteiger partial charge in [-0.15, -0.1) is 0 Å². The average Bonchev–Trinajstić information content (AvgIpc) is 2.94. The monoisotopic (exact) mass is 667 g/mol. The molecule has 1 heterocycles. The minimum absolute atomic E-state index is 0.611. The smallest absolute Gasteiger partial charge is 0.200 e. The van der Waals surface area contributed by atoms with Crippen molar-refractivity contribution in [2.45, 2.75) is 26.2 Å². The van der Waals surface area contributed by atoms with Gasteiger partial charge in [-0.25, -0.2) is 80.8 Å². The van der Waals surface area contributed by atoms with Crippen molar-refractivity contribution in [3.63, 3.8) is 0 Å². The summed E-state index contributed by atoms with van der Waals surface area (Å²) in [6.07, 6.45) is 0. The molecule has 0 aliphatic carbocycles. The van der Waals surface area contributed by atoms with E-state index >= 15 is 0 Å². The Morgan fingerprint density at radius 3 is 0.523 bits per heavy atom. The molecule has 4 rings (SSSR count). The summed E-state index contributed by atoms with van der Waals surface area (Å²) in [6, 6.07) is 0. The molecule has 0 spiro atoms. The van der Waals surface area contributed by atoms with Crippen LogP contribution in [0.25, 0.3) is 34.2 Å². The zero-order valence-corrected chi connectivity index (χ0v) is 23.0. The highest BCUT2D eigenvalue weighted by atomic mass is 28.3. The maximum Gasteiger partial charge on any atom is 0.200 e. The first-order valence-electron chi connectivity index (χ1n) is 11.4. The lowest BCUT2D eigenvalue weighted by Crippen LogP contribution is -2.12. The second-order valence-electron chi connectivity index (χ2n) is 10.1. The molecule has 0 aliphatic heterocycles. The van der Waals surface area contributed by atoms with E-state index < -0.39 is 129 Å². The number of aromatic nitrogens is 3. The van der Waals surface area contributed by atoms with Gasteiger partial charge < -0.3 is 0 Å². The first-order chi connectivity index (χ1) is 20.1. The van der Waals surface area contributed by atoms with E-state index in [1.54, 1.807) is 0 Å². The number of rotatable bonds is 3. The van der Waals surface area contributed by atoms with Gasteiger partial charge in [-0.2, -0.15) is 0 Å². The molecule has 236 valence electrons. The van der Waals surface area contributed by atoms with Gasteiger partial charge in [-0.05, 0) is 0 Å². The highest BCUT2D eigenvalue weighted by molar-refractivity contribution is 6.74. The number of halogens is 15. The second-order valence-corrected chi connectivity index (χ2v) is 16.1. The van der Waals surface area contributed by atoms with Crippen LogP contribution in [0.2, 0.25) is 26.2 Å². The SMILES string of the molecule is C[Si](C)(C)C.Fc1c(F)c(F)c(-c2nc(-c3c(F)c(F)c(F)c(F)c3F)nc(-c3c(F)c(F)c(F)c(F)c3F)n2)c(F)c1F. The number of hydrogen-bond donors (Lipinski definition) is 0. The highest BCUT2D eigenvalue weighted by Gasteiger charge is 2.34. The molecule has 0 bridgehead atoms. The Morgan fingerprint density at radius 2 is 0.386 bits per heavy atom. The van der Waals surface area contributed by atoms with Crippen LogP contribution in [0.3, 0.4) is 0 Å². The van der Waals surface area contributed by atoms with Gasteiger partial charge in [-0.3, -0.25) is 0 Å². The summed E-state index contributed by atoms with van der Waals surface area (Å²) in [5, 5.41) is 0. The van der Waals surface area contributed by atoms with Crippen molar-refractivity contribution in [3.05, 3.63) is 87.3 Å². The molecule has 0 aliphatic rings. The Labute approximate surface area is 237 Å². The summed E-state index contributed by atoms with van der Waals surface area (Å²) < 4.78 is 209. The van der Waals surface area contributed by atoms with Crippen molar-refractivity contribution < 1.29 is 65.9 Å². The van der Waals surface area contributed by atoms with Crippen molar-refractivity contribution in [1.29, 1.82) is 0 Å². The van der Waals surface area contributed by atoms with E-state index in [2.05, 4.69) is 41.1 Å². The molecule has 44 heavy (non-hydrogen) atoms. The van der Waals surface area contributed by atoms with Gasteiger partial charge in [0.05, 0.1) is 16.7 Å². The Kier molecular flexibility index (Phi) is 9.43. The quantitative estimate of drug-likeness (QED) is 0.0949. The van der Waals surface area contributed by atoms with Crippen LogP contribution in [0.15, 0.2) is 0 Å². The number of benzene rings is 3. The molecule has 3 nitrogen and oxygen atoms in total. The van der Waals surface area contributed by atoms with E-state index in [4.69, 9.17) is 0 Å². The first-order valence-corrected chi connectivity index (χ1v) is 15.4. The predicted octanol–water partition coefficient (Wildman–Crippen LogP) is 8.91. The van der Waals surface area contributed by atoms with E-state index in [9.17, 15) is 65.9 Å². The Bertz CT molecular complexity index is 1520. The van der Waals surface area contributed by atoms with Gasteiger partial charge in [-0.1, -0.05) is 26.2 Å². The van der Waals surface area contributed by atoms with Crippen LogP contribution in [-0.2, 0) is 0 Å². The van der Waals surface area contributed by atoms with Crippen LogP contribution >= 0.6 is 0 Å². The Balaban J connectivity index is 0.000000978. The summed E-state index contributed by atoms with van der Waals surface area (Å²) >= 11 is 0. The normalized spacial score (nSPS) is 11.5. The van der Waals surface area contributed by atoms with Gasteiger partial charge >= 0.3 is 0 Å². The summed E-state index contributed by atoms with van der Waals surface area (Å²) in [6.45, 7) is 9.31. The maximum absolute atomic E-state index is 14.4. The van der Waals surface area contributed by atoms with Crippen molar-refractivity contribution in [3.8, 4) is 34.2 Å². The summed E-state index contributed by atoms with van der Waals surface area (Å²) in [4.78, 5) is 8.66. The largest absolute Gasteiger partial charge is 0.208 e. The topological polar surface area (TPSA) is 38.7 Å². The third-order valence-electron chi connectivity index (χ3n) is 4.94. The van der Waals surface area contributed by atoms with Crippen LogP contribution in [0, 0.1) is 87.3 Å². The van der Waals surface area contributed by atoms with Gasteiger partial charge in [0, 0.05) is 8.07 Å². The molecule has 0 saturated carbocycles. The molecule has 1 aromatic heterocycles. The molecule has 0 fully saturated rings. The fraction of sp³-hybridized carbons (Fsp3) is 0.160. The zero-order valence-electron chi connectivity index (χ0n) is 22.0. The zero-order chi connectivity index (χ0) is 33.7. The lowest BCUT2D eigenvalue weighted by atomic mass is 10.1. The van der Waals surface area contributed by atoms with Gasteiger partial charge in [0.25, 0.3) is 0 Å². The fourth-order valence-corrected chi connectivity index (χ4v) is 3.12. The second kappa shape index (κ2) is 12.1. The Hall–Kier alpha value is -4.16. The summed E-state index contributed by atoms with van der Waals surface area (Å²) in [5.74, 6) is -47.1. The molecule has 0 atom stereocenters. The minimum atomic E-state index is -2.78. The molecule has 3 aromatic carbocycles. The summed E-state index contributed by atoms with van der Waals surface area (Å²) in [5.41, 5.74) is -6.61. The standard InChI is InChI=1S/C21F15N3.C4H12Si/c22-4-1(5(23)11(29)16(34)10(4)28)19-37-20(2-6(24)12(30)17(35)13(31)7(2)25)39-21(38-19)3-8(26)14(32)18(36)15(33)9(3)27;1-5(2,3)4/h;1-4H3. The lowest BCUT2D eigenvalue weighted by molar-refractivity contribution is 0.379. The molecular weight excluding hydrogens is 655 g/mol. The van der Waals surface area contributed by atoms with Crippen LogP contribution in [0.1, 0.15) is 0 Å². The van der Waals surface area contributed by atoms with Crippen LogP contribution < -0.4 is 0 Å². The third-order valence-corrected chi connectivity index (χ3v) is 4.94. The average molecular weight is 667 g/mol. The first kappa shape index (κ1) is 34.3. The van der Waals surface area contributed by atoms with Crippen molar-refractivity contribution >= 4 is 8.07 Å². The molecule has 0 amide bonds. The summed E-state index contributed by atoms with van der Waals surface area (Å²) in [7, 11) is -0.611. The van der Waals surface area contributed by atoms with Crippen molar-refractivity contribution in [1.82, 2.24) is 15.0 Å². The van der Waals surface area contributed by atoms with Crippen LogP contribution in [0.4, 0.5) is 65.9 Å². The molecule has 19 heteroatoms. The van der Waals surface area contributed by atoms with Gasteiger partial charge in [0.1, 0.15) is 0 Å². The molecule has 0 unspecified atom stereocenters. The number of nitrogens with zero attached hydrogens (tertiary/aromatic N) is 3. The predicted molar refractivity (Wildman–Crippen MR) is 125 cm³/mol. The minimum Gasteiger partial charge on any atom is -0.208 e. The van der Waals surface area contributed by atoms with E-state index in [1.165, 1.54) is 0 Å². The van der Waals surface area contributed by atoms with Crippen LogP contribution in [0.5, 0.6) is 0 Å². The molecule has 0 saturated heterocycles. The van der Waals surface area contributed by atoms with E-state index in [0.29, 0.717) is 0 Å². The third kappa shape index (κ3) is 6.09. The van der Waals surface area contributed by atoms with Crippen molar-refractivity contribution in [2.75, 3.05) is 0 Å². The van der Waals surface area contributed by atoms with Crippen molar-refractivity contribution in [2.24, 2.45) is 0 Å². The van der Waals surface area contributed by atoms with E-state index in [0.717, 1.165) is 0 Å². The maximum atomic E-state index is 14.4. The fourth-order valence-electron chi connectivity index (χ4n) is 3.12. The van der Waals surface area contributed by atoms with Gasteiger partial charge in [0.2, 0.25) is 17.5 Å². The molecular formula is C25H12F15N3Si. The molecule has 4 aromatic rings. The molecule has 0 N–H and O–H groups in total. The van der Waals surface area contributed by atoms with E-state index in [-0.39, 0.29) is 0 Å². The lowest BCUT2D eigenvalue weighted by Gasteiger charge is -2.13. The highest BCUT2D eigenvalue weighted by Crippen LogP contribution is 2.36.